The second-order valence-corrected chi connectivity index (χ2v) is 18.1. The van der Waals surface area contributed by atoms with Gasteiger partial charge in [0.15, 0.2) is 0 Å². The van der Waals surface area contributed by atoms with Gasteiger partial charge in [-0.05, 0) is 96.9 Å². The minimum Gasteiger partial charge on any atom is -0.421 e. The Morgan fingerprint density at radius 1 is 0.397 bits per heavy atom. The zero-order chi connectivity index (χ0) is 40.7. The Labute approximate surface area is 356 Å². The van der Waals surface area contributed by atoms with Crippen LogP contribution >= 0.6 is 22.7 Å². The summed E-state index contributed by atoms with van der Waals surface area (Å²) in [6.45, 7) is 9.00. The summed E-state index contributed by atoms with van der Waals surface area (Å²) in [5.41, 5.74) is 8.37. The topological polar surface area (TPSA) is 52.6 Å². The fourth-order valence-corrected chi connectivity index (χ4v) is 11.1. The number of hydrogen-bond acceptors (Lipinski definition) is 6. The molecule has 4 aromatic rings. The van der Waals surface area contributed by atoms with E-state index in [4.69, 9.17) is 9.47 Å². The summed E-state index contributed by atoms with van der Waals surface area (Å²) in [7, 11) is 0. The Hall–Kier alpha value is -4.00. The van der Waals surface area contributed by atoms with Crippen LogP contribution in [0, 0.1) is 0 Å². The highest BCUT2D eigenvalue weighted by molar-refractivity contribution is 7.17. The number of benzene rings is 2. The number of carbonyl (C=O) groups is 2. The zero-order valence-electron chi connectivity index (χ0n) is 35.5. The van der Waals surface area contributed by atoms with Crippen molar-refractivity contribution in [2.24, 2.45) is 0 Å². The van der Waals surface area contributed by atoms with Crippen molar-refractivity contribution in [3.63, 3.8) is 0 Å². The summed E-state index contributed by atoms with van der Waals surface area (Å²) < 4.78 is 12.3. The van der Waals surface area contributed by atoms with Gasteiger partial charge < -0.3 is 9.47 Å². The van der Waals surface area contributed by atoms with E-state index in [1.807, 2.05) is 12.2 Å². The van der Waals surface area contributed by atoms with Gasteiger partial charge in [0, 0.05) is 9.75 Å². The van der Waals surface area contributed by atoms with Crippen LogP contribution in [0.1, 0.15) is 162 Å². The van der Waals surface area contributed by atoms with Crippen LogP contribution in [0.25, 0.3) is 32.4 Å². The molecule has 0 bridgehead atoms. The van der Waals surface area contributed by atoms with Crippen molar-refractivity contribution >= 4 is 46.1 Å². The van der Waals surface area contributed by atoms with Crippen LogP contribution in [-0.2, 0) is 44.7 Å². The van der Waals surface area contributed by atoms with Gasteiger partial charge in [0.2, 0.25) is 0 Å². The molecule has 2 aromatic carbocycles. The smallest absolute Gasteiger partial charge is 0.344 e. The molecule has 4 nitrogen and oxygen atoms in total. The molecule has 6 rings (SSSR count). The van der Waals surface area contributed by atoms with Crippen molar-refractivity contribution in [2.45, 2.75) is 156 Å². The number of rotatable bonds is 24. The Kier molecular flexibility index (Phi) is 16.8. The van der Waals surface area contributed by atoms with Gasteiger partial charge in [-0.15, -0.1) is 22.7 Å². The zero-order valence-corrected chi connectivity index (χ0v) is 37.2. The van der Waals surface area contributed by atoms with Crippen molar-refractivity contribution in [3.05, 3.63) is 116 Å². The van der Waals surface area contributed by atoms with Crippen LogP contribution in [0.2, 0.25) is 0 Å². The molecule has 0 aliphatic carbocycles. The lowest BCUT2D eigenvalue weighted by Crippen LogP contribution is -2.05. The SMILES string of the molecule is CCCCCCc1c(C2=C/C(=C3/C=C(c4sc(-c5ccccc5)c(CCCCCC)c4CCCCCC)OC3=O)C(=O)O2)sc(-c2ccccc2)c1CCCCCC. The third kappa shape index (κ3) is 10.8. The maximum atomic E-state index is 13.9. The molecule has 0 saturated heterocycles. The molecule has 308 valence electrons. The highest BCUT2D eigenvalue weighted by Gasteiger charge is 2.36. The summed E-state index contributed by atoms with van der Waals surface area (Å²) in [5, 5.41) is 0. The van der Waals surface area contributed by atoms with Crippen LogP contribution in [-0.4, -0.2) is 11.9 Å². The fourth-order valence-electron chi connectivity index (χ4n) is 8.36. The Morgan fingerprint density at radius 3 is 1.02 bits per heavy atom. The van der Waals surface area contributed by atoms with Gasteiger partial charge in [-0.3, -0.25) is 0 Å². The van der Waals surface area contributed by atoms with E-state index in [0.717, 1.165) is 61.1 Å². The molecule has 0 unspecified atom stereocenters. The number of cyclic esters (lactones) is 2. The normalized spacial score (nSPS) is 15.2. The second-order valence-electron chi connectivity index (χ2n) is 16.0. The summed E-state index contributed by atoms with van der Waals surface area (Å²) in [6, 6.07) is 21.3. The lowest BCUT2D eigenvalue weighted by molar-refractivity contribution is -0.133. The summed E-state index contributed by atoms with van der Waals surface area (Å²) in [4.78, 5) is 32.3. The first-order chi connectivity index (χ1) is 28.5. The maximum Gasteiger partial charge on any atom is 0.344 e. The van der Waals surface area contributed by atoms with Crippen molar-refractivity contribution in [2.75, 3.05) is 0 Å². The predicted molar refractivity (Wildman–Crippen MR) is 246 cm³/mol. The standard InChI is InChI=1S/C52H64O4S2/c1-5-9-13-23-31-39-41(33-25-15-11-7-3)49(57-47(39)37-27-19-17-20-28-37)45-35-43(51(53)55-45)44-36-46(56-52(44)54)50-42(34-26-16-12-8-4)40(32-24-14-10-6-2)48(58-50)38-29-21-18-22-30-38/h17-22,27-30,35-36H,5-16,23-26,31-34H2,1-4H3/b44-43+. The second kappa shape index (κ2) is 22.4. The summed E-state index contributed by atoms with van der Waals surface area (Å²) >= 11 is 3.47. The summed E-state index contributed by atoms with van der Waals surface area (Å²) in [5.74, 6) is 0.150. The van der Waals surface area contributed by atoms with E-state index in [1.165, 1.54) is 120 Å². The van der Waals surface area contributed by atoms with Gasteiger partial charge in [-0.2, -0.15) is 0 Å². The van der Waals surface area contributed by atoms with Gasteiger partial charge >= 0.3 is 11.9 Å². The molecule has 0 amide bonds. The molecule has 0 spiro atoms. The average molecular weight is 817 g/mol. The lowest BCUT2D eigenvalue weighted by Gasteiger charge is -2.10. The van der Waals surface area contributed by atoms with Crippen molar-refractivity contribution in [1.29, 1.82) is 0 Å². The third-order valence-corrected chi connectivity index (χ3v) is 14.2. The van der Waals surface area contributed by atoms with E-state index in [1.54, 1.807) is 22.7 Å². The van der Waals surface area contributed by atoms with Crippen molar-refractivity contribution in [1.82, 2.24) is 0 Å². The van der Waals surface area contributed by atoms with Crippen molar-refractivity contribution in [3.8, 4) is 20.9 Å². The molecule has 58 heavy (non-hydrogen) atoms. The Bertz CT molecular complexity index is 1910. The third-order valence-electron chi connectivity index (χ3n) is 11.6. The molecular formula is C52H64O4S2. The molecule has 2 aliphatic rings. The van der Waals surface area contributed by atoms with Gasteiger partial charge in [0.1, 0.15) is 11.5 Å². The first kappa shape index (κ1) is 43.6. The molecule has 0 fully saturated rings. The number of carbonyl (C=O) groups excluding carboxylic acids is 2. The number of thiophene rings is 2. The average Bonchev–Trinajstić information content (AvgIpc) is 4.02. The molecule has 2 aliphatic heterocycles. The molecule has 0 N–H and O–H groups in total. The first-order valence-corrected chi connectivity index (χ1v) is 24.1. The predicted octanol–water partition coefficient (Wildman–Crippen LogP) is 15.4. The lowest BCUT2D eigenvalue weighted by atomic mass is 9.94. The first-order valence-electron chi connectivity index (χ1n) is 22.5. The molecular weight excluding hydrogens is 753 g/mol. The van der Waals surface area contributed by atoms with Crippen LogP contribution in [0.15, 0.2) is 84.0 Å². The molecule has 0 saturated carbocycles. The summed E-state index contributed by atoms with van der Waals surface area (Å²) in [6.07, 6.45) is 26.4. The van der Waals surface area contributed by atoms with Crippen LogP contribution in [0.3, 0.4) is 0 Å². The number of unbranched alkanes of at least 4 members (excludes halogenated alkanes) is 12. The van der Waals surface area contributed by atoms with E-state index >= 15 is 0 Å². The van der Waals surface area contributed by atoms with Crippen LogP contribution < -0.4 is 0 Å². The largest absolute Gasteiger partial charge is 0.421 e. The highest BCUT2D eigenvalue weighted by atomic mass is 32.1. The van der Waals surface area contributed by atoms with Gasteiger partial charge in [0.05, 0.1) is 20.9 Å². The minimum absolute atomic E-state index is 0.287. The molecule has 0 radical (unpaired) electrons. The molecule has 6 heteroatoms. The fraction of sp³-hybridized carbons (Fsp3) is 0.462. The maximum absolute atomic E-state index is 13.9. The number of ether oxygens (including phenoxy) is 2. The van der Waals surface area contributed by atoms with E-state index in [-0.39, 0.29) is 11.1 Å². The van der Waals surface area contributed by atoms with Crippen LogP contribution in [0.4, 0.5) is 0 Å². The van der Waals surface area contributed by atoms with Gasteiger partial charge in [-0.1, -0.05) is 165 Å². The van der Waals surface area contributed by atoms with Crippen LogP contribution in [0.5, 0.6) is 0 Å². The molecule has 2 aromatic heterocycles. The Balaban J connectivity index is 1.42. The van der Waals surface area contributed by atoms with E-state index in [0.29, 0.717) is 11.5 Å². The van der Waals surface area contributed by atoms with E-state index in [9.17, 15) is 9.59 Å². The quantitative estimate of drug-likeness (QED) is 0.0401. The highest BCUT2D eigenvalue weighted by Crippen LogP contribution is 2.47. The molecule has 4 heterocycles. The van der Waals surface area contributed by atoms with Gasteiger partial charge in [0.25, 0.3) is 0 Å². The van der Waals surface area contributed by atoms with E-state index < -0.39 is 11.9 Å². The molecule has 0 atom stereocenters. The number of esters is 2. The monoisotopic (exact) mass is 816 g/mol. The van der Waals surface area contributed by atoms with Crippen molar-refractivity contribution < 1.29 is 19.1 Å². The van der Waals surface area contributed by atoms with E-state index in [2.05, 4.69) is 88.4 Å². The minimum atomic E-state index is -0.483. The number of hydrogen-bond donors (Lipinski definition) is 0. The van der Waals surface area contributed by atoms with Gasteiger partial charge in [-0.25, -0.2) is 9.59 Å². The Morgan fingerprint density at radius 2 is 0.707 bits per heavy atom.